The Kier molecular flexibility index (Phi) is 5.82. The highest BCUT2D eigenvalue weighted by molar-refractivity contribution is 7.71. The van der Waals surface area contributed by atoms with Crippen LogP contribution in [0.2, 0.25) is 0 Å². The third-order valence-corrected chi connectivity index (χ3v) is 5.38. The molecule has 0 spiro atoms. The quantitative estimate of drug-likeness (QED) is 0.573. The molecule has 0 radical (unpaired) electrons. The van der Waals surface area contributed by atoms with Crippen LogP contribution >= 0.6 is 12.2 Å². The highest BCUT2D eigenvalue weighted by atomic mass is 32.1. The van der Waals surface area contributed by atoms with E-state index >= 15 is 0 Å². The number of rotatable bonds is 6. The summed E-state index contributed by atoms with van der Waals surface area (Å²) in [5, 5.41) is 4.56. The molecule has 7 nitrogen and oxygen atoms in total. The fraction of sp³-hybridized carbons (Fsp3) is 0.333. The van der Waals surface area contributed by atoms with Gasteiger partial charge in [-0.3, -0.25) is 4.90 Å². The number of methoxy groups -OCH3 is 2. The lowest BCUT2D eigenvalue weighted by atomic mass is 10.2. The Morgan fingerprint density at radius 2 is 1.48 bits per heavy atom. The van der Waals surface area contributed by atoms with Gasteiger partial charge in [-0.2, -0.15) is 0 Å². The number of piperazine rings is 1. The first-order valence-electron chi connectivity index (χ1n) is 9.50. The van der Waals surface area contributed by atoms with Gasteiger partial charge in [-0.05, 0) is 60.7 Å². The normalized spacial score (nSPS) is 14.8. The summed E-state index contributed by atoms with van der Waals surface area (Å²) < 4.78 is 17.9. The van der Waals surface area contributed by atoms with Crippen LogP contribution in [0.5, 0.6) is 11.5 Å². The minimum Gasteiger partial charge on any atom is -0.497 e. The van der Waals surface area contributed by atoms with Crippen molar-refractivity contribution in [3.63, 3.8) is 0 Å². The molecule has 1 aliphatic heterocycles. The van der Waals surface area contributed by atoms with Gasteiger partial charge < -0.3 is 18.8 Å². The van der Waals surface area contributed by atoms with Crippen molar-refractivity contribution < 1.29 is 13.9 Å². The summed E-state index contributed by atoms with van der Waals surface area (Å²) in [6.07, 6.45) is 0. The molecular formula is C21H24N4O3S. The minimum absolute atomic E-state index is 0.383. The van der Waals surface area contributed by atoms with Gasteiger partial charge in [0.1, 0.15) is 11.5 Å². The van der Waals surface area contributed by atoms with Crippen molar-refractivity contribution in [2.45, 2.75) is 6.67 Å². The Balaban J connectivity index is 1.37. The highest BCUT2D eigenvalue weighted by Gasteiger charge is 2.19. The lowest BCUT2D eigenvalue weighted by Crippen LogP contribution is -2.46. The topological polar surface area (TPSA) is 55.9 Å². The number of benzene rings is 2. The summed E-state index contributed by atoms with van der Waals surface area (Å²) in [6.45, 7) is 4.37. The van der Waals surface area contributed by atoms with E-state index in [1.54, 1.807) is 18.9 Å². The second kappa shape index (κ2) is 8.67. The molecule has 1 fully saturated rings. The maximum atomic E-state index is 5.70. The number of aromatic nitrogens is 2. The van der Waals surface area contributed by atoms with E-state index < -0.39 is 0 Å². The minimum atomic E-state index is 0.383. The van der Waals surface area contributed by atoms with E-state index in [4.69, 9.17) is 26.1 Å². The summed E-state index contributed by atoms with van der Waals surface area (Å²) in [5.41, 5.74) is 2.09. The molecular weight excluding hydrogens is 388 g/mol. The predicted octanol–water partition coefficient (Wildman–Crippen LogP) is 3.67. The summed E-state index contributed by atoms with van der Waals surface area (Å²) >= 11 is 5.37. The van der Waals surface area contributed by atoms with E-state index in [2.05, 4.69) is 27.0 Å². The molecule has 4 rings (SSSR count). The first-order chi connectivity index (χ1) is 14.2. The zero-order chi connectivity index (χ0) is 20.2. The van der Waals surface area contributed by atoms with Crippen molar-refractivity contribution in [3.05, 3.63) is 53.4 Å². The van der Waals surface area contributed by atoms with Crippen LogP contribution in [-0.2, 0) is 6.67 Å². The number of nitrogens with zero attached hydrogens (tertiary/aromatic N) is 4. The van der Waals surface area contributed by atoms with Gasteiger partial charge in [0.15, 0.2) is 0 Å². The number of hydrogen-bond donors (Lipinski definition) is 0. The van der Waals surface area contributed by atoms with Crippen molar-refractivity contribution in [3.8, 4) is 23.0 Å². The van der Waals surface area contributed by atoms with Crippen LogP contribution in [0.1, 0.15) is 0 Å². The lowest BCUT2D eigenvalue weighted by Gasteiger charge is -2.35. The maximum Gasteiger partial charge on any atom is 0.288 e. The van der Waals surface area contributed by atoms with Gasteiger partial charge in [-0.1, -0.05) is 0 Å². The van der Waals surface area contributed by atoms with Gasteiger partial charge in [-0.25, -0.2) is 4.68 Å². The Labute approximate surface area is 175 Å². The van der Waals surface area contributed by atoms with Crippen LogP contribution in [0.15, 0.2) is 52.9 Å². The van der Waals surface area contributed by atoms with E-state index in [1.807, 2.05) is 36.4 Å². The second-order valence-corrected chi connectivity index (χ2v) is 7.19. The fourth-order valence-corrected chi connectivity index (χ4v) is 3.55. The Hall–Kier alpha value is -2.84. The first-order valence-corrected chi connectivity index (χ1v) is 9.91. The molecule has 8 heteroatoms. The van der Waals surface area contributed by atoms with Gasteiger partial charge in [-0.15, -0.1) is 5.10 Å². The summed E-state index contributed by atoms with van der Waals surface area (Å²) in [6, 6.07) is 15.8. The zero-order valence-corrected chi connectivity index (χ0v) is 17.4. The predicted molar refractivity (Wildman–Crippen MR) is 114 cm³/mol. The summed E-state index contributed by atoms with van der Waals surface area (Å²) in [7, 11) is 3.33. The fourth-order valence-electron chi connectivity index (χ4n) is 3.38. The van der Waals surface area contributed by atoms with Crippen LogP contribution < -0.4 is 14.4 Å². The Bertz CT molecular complexity index is 990. The maximum absolute atomic E-state index is 5.70. The number of hydrogen-bond acceptors (Lipinski definition) is 7. The zero-order valence-electron chi connectivity index (χ0n) is 16.6. The van der Waals surface area contributed by atoms with Crippen LogP contribution in [-0.4, -0.2) is 55.1 Å². The molecule has 0 atom stereocenters. The lowest BCUT2D eigenvalue weighted by molar-refractivity contribution is 0.192. The average Bonchev–Trinajstić information content (AvgIpc) is 3.14. The van der Waals surface area contributed by atoms with E-state index in [-0.39, 0.29) is 0 Å². The molecule has 0 unspecified atom stereocenters. The molecule has 29 heavy (non-hydrogen) atoms. The van der Waals surface area contributed by atoms with Crippen molar-refractivity contribution in [2.24, 2.45) is 0 Å². The monoisotopic (exact) mass is 412 g/mol. The molecule has 3 aromatic rings. The van der Waals surface area contributed by atoms with Crippen molar-refractivity contribution in [1.82, 2.24) is 14.7 Å². The van der Waals surface area contributed by atoms with E-state index in [0.29, 0.717) is 17.4 Å². The smallest absolute Gasteiger partial charge is 0.288 e. The van der Waals surface area contributed by atoms with E-state index in [9.17, 15) is 0 Å². The first kappa shape index (κ1) is 19.5. The third kappa shape index (κ3) is 4.44. The Morgan fingerprint density at radius 3 is 2.07 bits per heavy atom. The number of ether oxygens (including phenoxy) is 2. The van der Waals surface area contributed by atoms with Gasteiger partial charge in [0.05, 0.1) is 20.9 Å². The van der Waals surface area contributed by atoms with Crippen LogP contribution in [0.25, 0.3) is 11.5 Å². The molecule has 0 bridgehead atoms. The van der Waals surface area contributed by atoms with Gasteiger partial charge in [0, 0.05) is 37.4 Å². The van der Waals surface area contributed by atoms with Crippen LogP contribution in [0.3, 0.4) is 0 Å². The average molecular weight is 413 g/mol. The van der Waals surface area contributed by atoms with Crippen molar-refractivity contribution in [1.29, 1.82) is 0 Å². The second-order valence-electron chi connectivity index (χ2n) is 6.85. The van der Waals surface area contributed by atoms with E-state index in [0.717, 1.165) is 43.2 Å². The highest BCUT2D eigenvalue weighted by Crippen LogP contribution is 2.23. The molecule has 2 aromatic carbocycles. The molecule has 1 saturated heterocycles. The van der Waals surface area contributed by atoms with Crippen molar-refractivity contribution >= 4 is 17.9 Å². The SMILES string of the molecule is COc1ccc(-c2nn(CN3CCN(c4ccc(OC)cc4)CC3)c(=S)o2)cc1. The standard InChI is InChI=1S/C21H24N4O3S/c1-26-18-7-3-16(4-8-18)20-22-25(21(29)28-20)15-23-11-13-24(14-12-23)17-5-9-19(27-2)10-6-17/h3-10H,11-15H2,1-2H3. The van der Waals surface area contributed by atoms with Gasteiger partial charge >= 0.3 is 0 Å². The molecule has 152 valence electrons. The third-order valence-electron chi connectivity index (χ3n) is 5.09. The largest absolute Gasteiger partial charge is 0.497 e. The molecule has 0 aliphatic carbocycles. The number of anilines is 1. The molecule has 0 amide bonds. The van der Waals surface area contributed by atoms with Gasteiger partial charge in [0.25, 0.3) is 4.84 Å². The molecule has 1 aromatic heterocycles. The molecule has 0 saturated carbocycles. The summed E-state index contributed by atoms with van der Waals surface area (Å²) in [4.78, 5) is 5.09. The Morgan fingerprint density at radius 1 is 0.897 bits per heavy atom. The molecule has 0 N–H and O–H groups in total. The van der Waals surface area contributed by atoms with Gasteiger partial charge in [0.2, 0.25) is 5.89 Å². The summed E-state index contributed by atoms with van der Waals surface area (Å²) in [5.74, 6) is 2.19. The molecule has 1 aliphatic rings. The van der Waals surface area contributed by atoms with Crippen LogP contribution in [0, 0.1) is 4.84 Å². The molecule has 2 heterocycles. The van der Waals surface area contributed by atoms with E-state index in [1.165, 1.54) is 5.69 Å². The van der Waals surface area contributed by atoms with Crippen molar-refractivity contribution in [2.75, 3.05) is 45.3 Å². The van der Waals surface area contributed by atoms with Crippen LogP contribution in [0.4, 0.5) is 5.69 Å².